The molecule has 0 aliphatic carbocycles. The van der Waals surface area contributed by atoms with Crippen LogP contribution < -0.4 is 26.2 Å². The van der Waals surface area contributed by atoms with Crippen LogP contribution >= 0.6 is 0 Å². The summed E-state index contributed by atoms with van der Waals surface area (Å²) in [7, 11) is 0. The summed E-state index contributed by atoms with van der Waals surface area (Å²) in [6.45, 7) is 8.92. The standard InChI is InChI=1S/C52H39BN2/c1-32-16-22-37(23-17-32)54-48-26-19-34(3)29-45(48)53-46-30-35(4)20-27-49(46)55(51-15-9-14-50(54)52(51)53)47-25-18-33(2)28-43(47)36-21-24-42-40-12-6-5-10-38(40)39-11-7-8-13-41(39)44(42)31-36/h5-31H,1-4H3. The first-order valence-electron chi connectivity index (χ1n) is 19.4. The molecule has 11 rings (SSSR count). The normalized spacial score (nSPS) is 13.0. The molecule has 0 spiro atoms. The highest BCUT2D eigenvalue weighted by molar-refractivity contribution is 7.00. The third-order valence-electron chi connectivity index (χ3n) is 12.0. The van der Waals surface area contributed by atoms with Crippen molar-refractivity contribution in [3.8, 4) is 11.1 Å². The van der Waals surface area contributed by atoms with Crippen LogP contribution in [-0.2, 0) is 0 Å². The van der Waals surface area contributed by atoms with Gasteiger partial charge in [-0.3, -0.25) is 0 Å². The minimum atomic E-state index is 0.100. The van der Waals surface area contributed by atoms with Crippen molar-refractivity contribution in [2.75, 3.05) is 9.80 Å². The second kappa shape index (κ2) is 12.0. The molecular weight excluding hydrogens is 663 g/mol. The summed E-state index contributed by atoms with van der Waals surface area (Å²) in [6, 6.07) is 61.8. The van der Waals surface area contributed by atoms with Crippen LogP contribution in [0.15, 0.2) is 164 Å². The van der Waals surface area contributed by atoms with E-state index in [1.54, 1.807) is 0 Å². The summed E-state index contributed by atoms with van der Waals surface area (Å²) in [5.74, 6) is 0. The Morgan fingerprint density at radius 1 is 0.345 bits per heavy atom. The number of nitrogens with zero attached hydrogens (tertiary/aromatic N) is 2. The number of aryl methyl sites for hydroxylation is 4. The highest BCUT2D eigenvalue weighted by Crippen LogP contribution is 2.47. The maximum atomic E-state index is 2.55. The maximum Gasteiger partial charge on any atom is 0.252 e. The monoisotopic (exact) mass is 702 g/mol. The Hall–Kier alpha value is -6.58. The third kappa shape index (κ3) is 4.76. The molecule has 0 N–H and O–H groups in total. The van der Waals surface area contributed by atoms with E-state index in [0.29, 0.717) is 0 Å². The molecular formula is C52H39BN2. The number of anilines is 6. The molecule has 0 radical (unpaired) electrons. The zero-order valence-corrected chi connectivity index (χ0v) is 31.6. The van der Waals surface area contributed by atoms with E-state index in [-0.39, 0.29) is 6.71 Å². The Morgan fingerprint density at radius 2 is 0.836 bits per heavy atom. The van der Waals surface area contributed by atoms with Gasteiger partial charge in [0.05, 0.1) is 5.69 Å². The van der Waals surface area contributed by atoms with Crippen LogP contribution in [0.1, 0.15) is 22.3 Å². The zero-order valence-electron chi connectivity index (χ0n) is 31.6. The number of hydrogen-bond acceptors (Lipinski definition) is 2. The number of fused-ring (bicyclic) bond motifs is 10. The summed E-state index contributed by atoms with van der Waals surface area (Å²) in [6.07, 6.45) is 0. The summed E-state index contributed by atoms with van der Waals surface area (Å²) >= 11 is 0. The van der Waals surface area contributed by atoms with Crippen LogP contribution in [0.4, 0.5) is 34.1 Å². The van der Waals surface area contributed by atoms with Crippen molar-refractivity contribution in [2.24, 2.45) is 0 Å². The second-order valence-electron chi connectivity index (χ2n) is 15.6. The molecule has 55 heavy (non-hydrogen) atoms. The van der Waals surface area contributed by atoms with Crippen molar-refractivity contribution in [1.29, 1.82) is 0 Å². The quantitative estimate of drug-likeness (QED) is 0.134. The van der Waals surface area contributed by atoms with Crippen LogP contribution in [-0.4, -0.2) is 6.71 Å². The van der Waals surface area contributed by atoms with Gasteiger partial charge in [-0.1, -0.05) is 131 Å². The van der Waals surface area contributed by atoms with Gasteiger partial charge in [-0.05, 0) is 137 Å². The first-order valence-corrected chi connectivity index (χ1v) is 19.4. The van der Waals surface area contributed by atoms with Gasteiger partial charge in [0.15, 0.2) is 0 Å². The van der Waals surface area contributed by atoms with E-state index in [9.17, 15) is 0 Å². The zero-order chi connectivity index (χ0) is 36.9. The number of benzene rings is 9. The number of rotatable bonds is 3. The molecule has 2 nitrogen and oxygen atoms in total. The predicted octanol–water partition coefficient (Wildman–Crippen LogP) is 12.1. The molecule has 2 heterocycles. The van der Waals surface area contributed by atoms with Crippen molar-refractivity contribution >= 4 is 89.5 Å². The lowest BCUT2D eigenvalue weighted by molar-refractivity contribution is 1.24. The molecule has 3 heteroatoms. The molecule has 0 saturated carbocycles. The summed E-state index contributed by atoms with van der Waals surface area (Å²) in [4.78, 5) is 5.03. The Morgan fingerprint density at radius 3 is 1.45 bits per heavy atom. The minimum Gasteiger partial charge on any atom is -0.311 e. The molecule has 0 amide bonds. The van der Waals surface area contributed by atoms with E-state index in [1.165, 1.54) is 116 Å². The molecule has 2 aliphatic heterocycles. The van der Waals surface area contributed by atoms with Gasteiger partial charge in [-0.25, -0.2) is 0 Å². The van der Waals surface area contributed by atoms with E-state index in [1.807, 2.05) is 0 Å². The Labute approximate surface area is 323 Å². The van der Waals surface area contributed by atoms with E-state index < -0.39 is 0 Å². The molecule has 0 unspecified atom stereocenters. The van der Waals surface area contributed by atoms with E-state index in [0.717, 1.165) is 0 Å². The molecule has 0 aromatic heterocycles. The molecule has 0 saturated heterocycles. The molecule has 0 bridgehead atoms. The van der Waals surface area contributed by atoms with Gasteiger partial charge in [-0.15, -0.1) is 0 Å². The van der Waals surface area contributed by atoms with Crippen LogP contribution in [0.2, 0.25) is 0 Å². The van der Waals surface area contributed by atoms with Crippen LogP contribution in [0.5, 0.6) is 0 Å². The lowest BCUT2D eigenvalue weighted by Gasteiger charge is -2.44. The van der Waals surface area contributed by atoms with Crippen molar-refractivity contribution in [1.82, 2.24) is 0 Å². The van der Waals surface area contributed by atoms with E-state index in [2.05, 4.69) is 201 Å². The summed E-state index contributed by atoms with van der Waals surface area (Å²) in [5.41, 5.74) is 18.8. The fourth-order valence-electron chi connectivity index (χ4n) is 9.57. The van der Waals surface area contributed by atoms with Gasteiger partial charge in [0.1, 0.15) is 0 Å². The van der Waals surface area contributed by atoms with Crippen LogP contribution in [0, 0.1) is 27.7 Å². The second-order valence-corrected chi connectivity index (χ2v) is 15.6. The first-order chi connectivity index (χ1) is 26.9. The first kappa shape index (κ1) is 31.9. The average Bonchev–Trinajstić information content (AvgIpc) is 3.21. The van der Waals surface area contributed by atoms with Gasteiger partial charge in [0.25, 0.3) is 6.71 Å². The lowest BCUT2D eigenvalue weighted by atomic mass is 9.33. The van der Waals surface area contributed by atoms with Gasteiger partial charge in [0.2, 0.25) is 0 Å². The average molecular weight is 703 g/mol. The number of hydrogen-bond donors (Lipinski definition) is 0. The largest absolute Gasteiger partial charge is 0.311 e. The highest BCUT2D eigenvalue weighted by Gasteiger charge is 2.43. The van der Waals surface area contributed by atoms with Gasteiger partial charge in [0, 0.05) is 34.0 Å². The summed E-state index contributed by atoms with van der Waals surface area (Å²) in [5, 5.41) is 7.75. The van der Waals surface area contributed by atoms with Crippen molar-refractivity contribution in [3.05, 3.63) is 186 Å². The van der Waals surface area contributed by atoms with Crippen molar-refractivity contribution in [3.63, 3.8) is 0 Å². The highest BCUT2D eigenvalue weighted by atomic mass is 15.2. The molecule has 0 atom stereocenters. The van der Waals surface area contributed by atoms with E-state index in [4.69, 9.17) is 0 Å². The minimum absolute atomic E-state index is 0.100. The Balaban J connectivity index is 1.19. The Kier molecular flexibility index (Phi) is 6.94. The van der Waals surface area contributed by atoms with E-state index >= 15 is 0 Å². The molecule has 0 fully saturated rings. The molecule has 260 valence electrons. The topological polar surface area (TPSA) is 6.48 Å². The smallest absolute Gasteiger partial charge is 0.252 e. The third-order valence-corrected chi connectivity index (χ3v) is 12.0. The fourth-order valence-corrected chi connectivity index (χ4v) is 9.57. The predicted molar refractivity (Wildman–Crippen MR) is 237 cm³/mol. The van der Waals surface area contributed by atoms with Crippen LogP contribution in [0.25, 0.3) is 43.4 Å². The van der Waals surface area contributed by atoms with Gasteiger partial charge < -0.3 is 9.80 Å². The summed E-state index contributed by atoms with van der Waals surface area (Å²) < 4.78 is 0. The molecule has 9 aromatic rings. The van der Waals surface area contributed by atoms with Crippen molar-refractivity contribution in [2.45, 2.75) is 27.7 Å². The van der Waals surface area contributed by atoms with Gasteiger partial charge >= 0.3 is 0 Å². The fraction of sp³-hybridized carbons (Fsp3) is 0.0769. The maximum absolute atomic E-state index is 2.55. The van der Waals surface area contributed by atoms with Gasteiger partial charge in [-0.2, -0.15) is 0 Å². The Bertz CT molecular complexity index is 3020. The lowest BCUT2D eigenvalue weighted by Crippen LogP contribution is -2.61. The SMILES string of the molecule is Cc1ccc(N2c3ccc(C)cc3B3c4cc(C)ccc4N(c4ccc(C)cc4-c4ccc5c6ccccc6c6ccccc6c5c4)c4cccc2c43)cc1. The molecule has 2 aliphatic rings. The van der Waals surface area contributed by atoms with Crippen molar-refractivity contribution < 1.29 is 0 Å². The van der Waals surface area contributed by atoms with Crippen LogP contribution in [0.3, 0.4) is 0 Å². The molecule has 9 aromatic carbocycles.